The van der Waals surface area contributed by atoms with Crippen LogP contribution >= 0.6 is 11.6 Å². The molecule has 0 bridgehead atoms. The predicted octanol–water partition coefficient (Wildman–Crippen LogP) is 3.48. The molecule has 0 spiro atoms. The smallest absolute Gasteiger partial charge is 0.261 e. The van der Waals surface area contributed by atoms with Crippen molar-refractivity contribution in [3.8, 4) is 11.4 Å². The minimum atomic E-state index is -3.89. The lowest BCUT2D eigenvalue weighted by Crippen LogP contribution is -2.13. The quantitative estimate of drug-likeness (QED) is 0.737. The van der Waals surface area contributed by atoms with E-state index in [1.165, 1.54) is 6.07 Å². The van der Waals surface area contributed by atoms with Gasteiger partial charge in [-0.05, 0) is 36.8 Å². The van der Waals surface area contributed by atoms with Gasteiger partial charge in [0, 0.05) is 24.2 Å². The van der Waals surface area contributed by atoms with Crippen molar-refractivity contribution in [1.29, 1.82) is 0 Å². The van der Waals surface area contributed by atoms with E-state index in [0.29, 0.717) is 11.5 Å². The zero-order valence-electron chi connectivity index (χ0n) is 13.5. The molecule has 1 aliphatic heterocycles. The van der Waals surface area contributed by atoms with E-state index in [-0.39, 0.29) is 9.92 Å². The monoisotopic (exact) mass is 392 g/mol. The molecule has 4 rings (SSSR count). The first-order valence-corrected chi connectivity index (χ1v) is 9.80. The average molecular weight is 393 g/mol. The van der Waals surface area contributed by atoms with E-state index < -0.39 is 15.8 Å². The van der Waals surface area contributed by atoms with E-state index in [1.54, 1.807) is 18.2 Å². The molecule has 0 atom stereocenters. The molecule has 0 fully saturated rings. The van der Waals surface area contributed by atoms with Gasteiger partial charge in [-0.25, -0.2) is 12.8 Å². The first kappa shape index (κ1) is 17.0. The first-order valence-electron chi connectivity index (χ1n) is 7.94. The normalized spacial score (nSPS) is 13.6. The van der Waals surface area contributed by atoms with Crippen molar-refractivity contribution in [3.63, 3.8) is 0 Å². The van der Waals surface area contributed by atoms with Crippen LogP contribution in [-0.2, 0) is 23.0 Å². The molecule has 6 nitrogen and oxygen atoms in total. The summed E-state index contributed by atoms with van der Waals surface area (Å²) in [6.45, 7) is 0.849. The number of anilines is 1. The summed E-state index contributed by atoms with van der Waals surface area (Å²) in [6.07, 6.45) is 1.92. The van der Waals surface area contributed by atoms with Crippen molar-refractivity contribution in [1.82, 2.24) is 14.8 Å². The van der Waals surface area contributed by atoms with E-state index in [2.05, 4.69) is 14.9 Å². The highest BCUT2D eigenvalue weighted by Crippen LogP contribution is 2.27. The summed E-state index contributed by atoms with van der Waals surface area (Å²) in [6, 6.07) is 10.2. The zero-order valence-corrected chi connectivity index (χ0v) is 15.1. The number of sulfonamides is 1. The topological polar surface area (TPSA) is 76.9 Å². The first-order chi connectivity index (χ1) is 12.4. The Morgan fingerprint density at radius 1 is 1.15 bits per heavy atom. The van der Waals surface area contributed by atoms with Crippen LogP contribution in [0.25, 0.3) is 11.4 Å². The predicted molar refractivity (Wildman–Crippen MR) is 96.0 cm³/mol. The fraction of sp³-hybridized carbons (Fsp3) is 0.176. The Hall–Kier alpha value is -2.45. The van der Waals surface area contributed by atoms with Crippen LogP contribution in [0, 0.1) is 5.82 Å². The second kappa shape index (κ2) is 6.37. The summed E-state index contributed by atoms with van der Waals surface area (Å²) in [5, 5.41) is 8.12. The molecule has 9 heteroatoms. The molecular weight excluding hydrogens is 379 g/mol. The van der Waals surface area contributed by atoms with Crippen molar-refractivity contribution in [2.45, 2.75) is 24.3 Å². The molecular formula is C17H14ClFN4O2S. The molecule has 0 unspecified atom stereocenters. The number of fused-ring (bicyclic) bond motifs is 1. The highest BCUT2D eigenvalue weighted by atomic mass is 35.5. The lowest BCUT2D eigenvalue weighted by molar-refractivity contribution is 0.599. The maximum Gasteiger partial charge on any atom is 0.261 e. The lowest BCUT2D eigenvalue weighted by Gasteiger charge is -2.10. The van der Waals surface area contributed by atoms with Gasteiger partial charge < -0.3 is 4.57 Å². The van der Waals surface area contributed by atoms with Gasteiger partial charge in [0.15, 0.2) is 5.82 Å². The Balaban J connectivity index is 1.65. The van der Waals surface area contributed by atoms with Crippen LogP contribution in [0.2, 0.25) is 5.02 Å². The van der Waals surface area contributed by atoms with Crippen molar-refractivity contribution >= 4 is 27.3 Å². The van der Waals surface area contributed by atoms with Crippen LogP contribution in [0.1, 0.15) is 12.2 Å². The summed E-state index contributed by atoms with van der Waals surface area (Å²) in [5.74, 6) is 0.976. The second-order valence-corrected chi connectivity index (χ2v) is 8.05. The summed E-state index contributed by atoms with van der Waals surface area (Å²) in [5.41, 5.74) is 1.14. The molecule has 0 amide bonds. The molecule has 1 aromatic heterocycles. The number of hydrogen-bond donors (Lipinski definition) is 1. The molecule has 0 aliphatic carbocycles. The zero-order chi connectivity index (χ0) is 18.3. The third-order valence-corrected chi connectivity index (χ3v) is 5.85. The Kier molecular flexibility index (Phi) is 4.16. The molecule has 26 heavy (non-hydrogen) atoms. The SMILES string of the molecule is O=S(=O)(Nc1cccc(-c2nnc3n2CCC3)c1)c1ccc(F)c(Cl)c1. The summed E-state index contributed by atoms with van der Waals surface area (Å²) in [4.78, 5) is -0.113. The van der Waals surface area contributed by atoms with E-state index in [1.807, 2.05) is 10.6 Å². The molecule has 0 saturated carbocycles. The van der Waals surface area contributed by atoms with E-state index in [9.17, 15) is 12.8 Å². The molecule has 3 aromatic rings. The summed E-state index contributed by atoms with van der Waals surface area (Å²) < 4.78 is 42.8. The number of hydrogen-bond acceptors (Lipinski definition) is 4. The molecule has 0 radical (unpaired) electrons. The molecule has 134 valence electrons. The number of halogens is 2. The van der Waals surface area contributed by atoms with Crippen molar-refractivity contribution in [2.24, 2.45) is 0 Å². The lowest BCUT2D eigenvalue weighted by atomic mass is 10.2. The Bertz CT molecular complexity index is 1100. The number of rotatable bonds is 4. The fourth-order valence-electron chi connectivity index (χ4n) is 2.94. The summed E-state index contributed by atoms with van der Waals surface area (Å²) >= 11 is 5.68. The van der Waals surface area contributed by atoms with Gasteiger partial charge in [0.25, 0.3) is 10.0 Å². The van der Waals surface area contributed by atoms with E-state index in [0.717, 1.165) is 42.9 Å². The summed E-state index contributed by atoms with van der Waals surface area (Å²) in [7, 11) is -3.89. The van der Waals surface area contributed by atoms with Crippen LogP contribution in [0.3, 0.4) is 0 Å². The van der Waals surface area contributed by atoms with Crippen molar-refractivity contribution < 1.29 is 12.8 Å². The molecule has 2 heterocycles. The van der Waals surface area contributed by atoms with E-state index in [4.69, 9.17) is 11.6 Å². The second-order valence-electron chi connectivity index (χ2n) is 5.96. The number of benzene rings is 2. The molecule has 0 saturated heterocycles. The van der Waals surface area contributed by atoms with Gasteiger partial charge in [0.05, 0.1) is 9.92 Å². The van der Waals surface area contributed by atoms with Crippen molar-refractivity contribution in [2.75, 3.05) is 4.72 Å². The highest BCUT2D eigenvalue weighted by Gasteiger charge is 2.20. The van der Waals surface area contributed by atoms with Crippen LogP contribution in [0.4, 0.5) is 10.1 Å². The maximum absolute atomic E-state index is 13.3. The number of nitrogens with one attached hydrogen (secondary N) is 1. The highest BCUT2D eigenvalue weighted by molar-refractivity contribution is 7.92. The minimum absolute atomic E-state index is 0.113. The van der Waals surface area contributed by atoms with Crippen LogP contribution in [0.5, 0.6) is 0 Å². The van der Waals surface area contributed by atoms with Gasteiger partial charge in [0.2, 0.25) is 0 Å². The Morgan fingerprint density at radius 2 is 2.00 bits per heavy atom. The Labute approximate surface area is 154 Å². The number of aromatic nitrogens is 3. The molecule has 1 aliphatic rings. The van der Waals surface area contributed by atoms with Crippen LogP contribution in [0.15, 0.2) is 47.4 Å². The van der Waals surface area contributed by atoms with Gasteiger partial charge in [-0.3, -0.25) is 4.72 Å². The van der Waals surface area contributed by atoms with Crippen LogP contribution in [-0.4, -0.2) is 23.2 Å². The third kappa shape index (κ3) is 3.06. The number of nitrogens with zero attached hydrogens (tertiary/aromatic N) is 3. The van der Waals surface area contributed by atoms with Gasteiger partial charge in [-0.1, -0.05) is 23.7 Å². The minimum Gasteiger partial charge on any atom is -0.311 e. The van der Waals surface area contributed by atoms with Crippen molar-refractivity contribution in [3.05, 3.63) is 59.1 Å². The van der Waals surface area contributed by atoms with Gasteiger partial charge in [-0.2, -0.15) is 0 Å². The maximum atomic E-state index is 13.3. The Morgan fingerprint density at radius 3 is 2.81 bits per heavy atom. The molecule has 2 aromatic carbocycles. The fourth-order valence-corrected chi connectivity index (χ4v) is 4.26. The van der Waals surface area contributed by atoms with Gasteiger partial charge in [0.1, 0.15) is 11.6 Å². The van der Waals surface area contributed by atoms with E-state index >= 15 is 0 Å². The number of aryl methyl sites for hydroxylation is 1. The molecule has 1 N–H and O–H groups in total. The van der Waals surface area contributed by atoms with Gasteiger partial charge in [-0.15, -0.1) is 10.2 Å². The largest absolute Gasteiger partial charge is 0.311 e. The standard InChI is InChI=1S/C17H14ClFN4O2S/c18-14-10-13(6-7-15(14)19)26(24,25)22-12-4-1-3-11(9-12)17-21-20-16-5-2-8-23(16)17/h1,3-4,6-7,9-10,22H,2,5,8H2. The average Bonchev–Trinajstić information content (AvgIpc) is 3.20. The van der Waals surface area contributed by atoms with Gasteiger partial charge >= 0.3 is 0 Å². The third-order valence-electron chi connectivity index (χ3n) is 4.18. The van der Waals surface area contributed by atoms with Crippen LogP contribution < -0.4 is 4.72 Å².